The number of hydrogen-bond acceptors (Lipinski definition) is 5. The van der Waals surface area contributed by atoms with Crippen molar-refractivity contribution in [1.82, 2.24) is 14.8 Å². The summed E-state index contributed by atoms with van der Waals surface area (Å²) in [5.74, 6) is 0.0542. The quantitative estimate of drug-likeness (QED) is 0.510. The lowest BCUT2D eigenvalue weighted by atomic mass is 9.87. The second kappa shape index (κ2) is 9.62. The molecule has 2 atom stereocenters. The highest BCUT2D eigenvalue weighted by molar-refractivity contribution is 5.91. The van der Waals surface area contributed by atoms with Gasteiger partial charge in [-0.1, -0.05) is 38.1 Å². The third-order valence-electron chi connectivity index (χ3n) is 6.86. The first-order valence-corrected chi connectivity index (χ1v) is 12.3. The van der Waals surface area contributed by atoms with Gasteiger partial charge in [0.2, 0.25) is 12.7 Å². The van der Waals surface area contributed by atoms with Gasteiger partial charge in [0, 0.05) is 23.0 Å². The van der Waals surface area contributed by atoms with Crippen molar-refractivity contribution in [1.29, 1.82) is 0 Å². The van der Waals surface area contributed by atoms with Gasteiger partial charge in [-0.2, -0.15) is 0 Å². The van der Waals surface area contributed by atoms with Gasteiger partial charge in [-0.3, -0.25) is 9.69 Å². The number of para-hydroxylation sites is 1. The van der Waals surface area contributed by atoms with E-state index in [1.54, 1.807) is 4.90 Å². The zero-order chi connectivity index (χ0) is 24.5. The molecule has 0 unspecified atom stereocenters. The summed E-state index contributed by atoms with van der Waals surface area (Å²) in [6.07, 6.45) is 2.10. The Balaban J connectivity index is 1.64. The van der Waals surface area contributed by atoms with Gasteiger partial charge in [0.1, 0.15) is 6.04 Å². The second-order valence-corrected chi connectivity index (χ2v) is 9.21. The van der Waals surface area contributed by atoms with Gasteiger partial charge in [-0.25, -0.2) is 4.79 Å². The fraction of sp³-hybridized carbons (Fsp3) is 0.407. The van der Waals surface area contributed by atoms with Crippen LogP contribution in [0.5, 0.6) is 11.5 Å². The average Bonchev–Trinajstić information content (AvgIpc) is 3.47. The summed E-state index contributed by atoms with van der Waals surface area (Å²) in [4.78, 5) is 33.6. The standard InChI is InChI=1S/C27H31N3O5/c1-3-11-29(12-4-2)15-24(31)30-21(27(32)33)14-19-18-7-5-6-8-20(18)28-25(19)26(30)17-9-10-22-23(13-17)35-16-34-22/h5-10,13,21,26,28H,3-4,11-12,14-16H2,1-2H3,(H,32,33)/t21-,26-/m1/s1. The summed E-state index contributed by atoms with van der Waals surface area (Å²) in [6.45, 7) is 6.07. The van der Waals surface area contributed by atoms with E-state index in [-0.39, 0.29) is 25.7 Å². The molecule has 1 aromatic heterocycles. The van der Waals surface area contributed by atoms with Crippen LogP contribution in [0.25, 0.3) is 10.9 Å². The molecule has 0 bridgehead atoms. The van der Waals surface area contributed by atoms with Crippen LogP contribution in [0.2, 0.25) is 0 Å². The van der Waals surface area contributed by atoms with Crippen molar-refractivity contribution in [3.8, 4) is 11.5 Å². The van der Waals surface area contributed by atoms with Crippen LogP contribution < -0.4 is 9.47 Å². The van der Waals surface area contributed by atoms with Crippen molar-refractivity contribution >= 4 is 22.8 Å². The van der Waals surface area contributed by atoms with Crippen molar-refractivity contribution in [3.05, 3.63) is 59.3 Å². The molecule has 2 aliphatic heterocycles. The highest BCUT2D eigenvalue weighted by Crippen LogP contribution is 2.43. The summed E-state index contributed by atoms with van der Waals surface area (Å²) in [6, 6.07) is 11.9. The van der Waals surface area contributed by atoms with E-state index in [0.29, 0.717) is 11.5 Å². The molecule has 0 aliphatic carbocycles. The van der Waals surface area contributed by atoms with Crippen molar-refractivity contribution in [3.63, 3.8) is 0 Å². The van der Waals surface area contributed by atoms with E-state index in [9.17, 15) is 14.7 Å². The van der Waals surface area contributed by atoms with Gasteiger partial charge in [-0.05, 0) is 55.3 Å². The van der Waals surface area contributed by atoms with E-state index in [1.807, 2.05) is 42.5 Å². The Labute approximate surface area is 204 Å². The first-order chi connectivity index (χ1) is 17.0. The Bertz CT molecular complexity index is 1250. The van der Waals surface area contributed by atoms with Crippen molar-refractivity contribution < 1.29 is 24.2 Å². The minimum Gasteiger partial charge on any atom is -0.480 e. The zero-order valence-electron chi connectivity index (χ0n) is 20.1. The largest absolute Gasteiger partial charge is 0.480 e. The summed E-state index contributed by atoms with van der Waals surface area (Å²) < 4.78 is 11.1. The molecule has 35 heavy (non-hydrogen) atoms. The summed E-state index contributed by atoms with van der Waals surface area (Å²) in [7, 11) is 0. The summed E-state index contributed by atoms with van der Waals surface area (Å²) >= 11 is 0. The Morgan fingerprint density at radius 2 is 1.83 bits per heavy atom. The van der Waals surface area contributed by atoms with Crippen molar-refractivity contribution in [2.24, 2.45) is 0 Å². The molecule has 2 N–H and O–H groups in total. The fourth-order valence-electron chi connectivity index (χ4n) is 5.39. The normalized spacial score (nSPS) is 18.8. The van der Waals surface area contributed by atoms with Gasteiger partial charge in [0.05, 0.1) is 12.6 Å². The first-order valence-electron chi connectivity index (χ1n) is 12.3. The number of carbonyl (C=O) groups excluding carboxylic acids is 1. The molecule has 0 saturated carbocycles. The van der Waals surface area contributed by atoms with Gasteiger partial charge in [0.25, 0.3) is 0 Å². The topological polar surface area (TPSA) is 95.1 Å². The summed E-state index contributed by atoms with van der Waals surface area (Å²) in [5, 5.41) is 11.3. The van der Waals surface area contributed by atoms with Crippen LogP contribution in [0.1, 0.15) is 49.6 Å². The first kappa shape index (κ1) is 23.2. The number of rotatable bonds is 8. The highest BCUT2D eigenvalue weighted by atomic mass is 16.7. The van der Waals surface area contributed by atoms with Crippen LogP contribution in [0.3, 0.4) is 0 Å². The number of aliphatic carboxylic acids is 1. The zero-order valence-corrected chi connectivity index (χ0v) is 20.1. The number of H-pyrrole nitrogens is 1. The Hall–Kier alpha value is -3.52. The maximum absolute atomic E-state index is 13.9. The van der Waals surface area contributed by atoms with E-state index in [0.717, 1.165) is 53.7 Å². The van der Waals surface area contributed by atoms with Crippen LogP contribution in [-0.4, -0.2) is 64.2 Å². The number of carboxylic acids is 1. The number of carbonyl (C=O) groups is 2. The molecule has 2 aromatic carbocycles. The average molecular weight is 478 g/mol. The van der Waals surface area contributed by atoms with Crippen LogP contribution >= 0.6 is 0 Å². The molecular weight excluding hydrogens is 446 g/mol. The van der Waals surface area contributed by atoms with Gasteiger partial charge < -0.3 is 24.5 Å². The SMILES string of the molecule is CCCN(CCC)CC(=O)N1[C@H](c2ccc3c(c2)OCO3)c2[nH]c3ccccc3c2C[C@@H]1C(=O)O. The fourth-order valence-corrected chi connectivity index (χ4v) is 5.39. The van der Waals surface area contributed by atoms with E-state index in [2.05, 4.69) is 23.7 Å². The van der Waals surface area contributed by atoms with Crippen molar-refractivity contribution in [2.75, 3.05) is 26.4 Å². The van der Waals surface area contributed by atoms with E-state index in [4.69, 9.17) is 9.47 Å². The molecule has 5 rings (SSSR count). The molecule has 0 saturated heterocycles. The second-order valence-electron chi connectivity index (χ2n) is 9.21. The molecule has 8 nitrogen and oxygen atoms in total. The predicted molar refractivity (Wildman–Crippen MR) is 132 cm³/mol. The minimum absolute atomic E-state index is 0.143. The maximum Gasteiger partial charge on any atom is 0.326 e. The molecule has 0 fully saturated rings. The monoisotopic (exact) mass is 477 g/mol. The Morgan fingerprint density at radius 3 is 2.57 bits per heavy atom. The predicted octanol–water partition coefficient (Wildman–Crippen LogP) is 3.95. The number of ether oxygens (including phenoxy) is 2. The highest BCUT2D eigenvalue weighted by Gasteiger charge is 2.44. The minimum atomic E-state index is -1.00. The van der Waals surface area contributed by atoms with E-state index in [1.165, 1.54) is 0 Å². The summed E-state index contributed by atoms with van der Waals surface area (Å²) in [5.41, 5.74) is 3.52. The Kier molecular flexibility index (Phi) is 6.38. The van der Waals surface area contributed by atoms with Crippen LogP contribution in [0, 0.1) is 0 Å². The molecule has 8 heteroatoms. The number of nitrogens with one attached hydrogen (secondary N) is 1. The number of amides is 1. The molecule has 3 aromatic rings. The number of hydrogen-bond donors (Lipinski definition) is 2. The van der Waals surface area contributed by atoms with Crippen LogP contribution in [0.15, 0.2) is 42.5 Å². The molecule has 184 valence electrons. The smallest absolute Gasteiger partial charge is 0.326 e. The molecule has 2 aliphatic rings. The number of nitrogens with zero attached hydrogens (tertiary/aromatic N) is 2. The number of fused-ring (bicyclic) bond motifs is 4. The lowest BCUT2D eigenvalue weighted by molar-refractivity contribution is -0.153. The molecule has 0 spiro atoms. The third-order valence-corrected chi connectivity index (χ3v) is 6.86. The number of carboxylic acid groups (broad SMARTS) is 1. The van der Waals surface area contributed by atoms with Crippen LogP contribution in [-0.2, 0) is 16.0 Å². The number of aromatic nitrogens is 1. The van der Waals surface area contributed by atoms with Gasteiger partial charge in [-0.15, -0.1) is 0 Å². The lowest BCUT2D eigenvalue weighted by Gasteiger charge is -2.41. The molecule has 0 radical (unpaired) electrons. The third kappa shape index (κ3) is 4.23. The maximum atomic E-state index is 13.9. The van der Waals surface area contributed by atoms with Crippen molar-refractivity contribution in [2.45, 2.75) is 45.2 Å². The lowest BCUT2D eigenvalue weighted by Crippen LogP contribution is -2.54. The molecule has 1 amide bonds. The van der Waals surface area contributed by atoms with Gasteiger partial charge >= 0.3 is 5.97 Å². The van der Waals surface area contributed by atoms with E-state index < -0.39 is 18.1 Å². The number of benzene rings is 2. The molecular formula is C27H31N3O5. The molecule has 3 heterocycles. The van der Waals surface area contributed by atoms with Gasteiger partial charge in [0.15, 0.2) is 11.5 Å². The van der Waals surface area contributed by atoms with E-state index >= 15 is 0 Å². The van der Waals surface area contributed by atoms with Crippen LogP contribution in [0.4, 0.5) is 0 Å². The number of aromatic amines is 1. The Morgan fingerprint density at radius 1 is 1.09 bits per heavy atom.